The van der Waals surface area contributed by atoms with Crippen molar-refractivity contribution in [2.75, 3.05) is 20.3 Å². The Bertz CT molecular complexity index is 294. The second kappa shape index (κ2) is 8.67. The second-order valence-corrected chi connectivity index (χ2v) is 4.66. The molecule has 0 fully saturated rings. The van der Waals surface area contributed by atoms with E-state index in [4.69, 9.17) is 4.74 Å². The molecule has 0 amide bonds. The van der Waals surface area contributed by atoms with Crippen LogP contribution in [0, 0.1) is 0 Å². The molecule has 90 valence electrons. The largest absolute Gasteiger partial charge is 0.385 e. The molecule has 1 aromatic rings. The van der Waals surface area contributed by atoms with Gasteiger partial charge in [-0.05, 0) is 53.4 Å². The van der Waals surface area contributed by atoms with Gasteiger partial charge in [-0.15, -0.1) is 0 Å². The molecule has 0 unspecified atom stereocenters. The van der Waals surface area contributed by atoms with Crippen LogP contribution in [0.2, 0.25) is 0 Å². The SMILES string of the molecule is COCCCCCNCc1cncc(Br)c1. The topological polar surface area (TPSA) is 34.1 Å². The van der Waals surface area contributed by atoms with Crippen LogP contribution in [0.15, 0.2) is 22.9 Å². The maximum atomic E-state index is 5.00. The van der Waals surface area contributed by atoms with Crippen molar-refractivity contribution in [3.8, 4) is 0 Å². The highest BCUT2D eigenvalue weighted by Gasteiger charge is 1.94. The average molecular weight is 287 g/mol. The van der Waals surface area contributed by atoms with Gasteiger partial charge in [-0.1, -0.05) is 0 Å². The third kappa shape index (κ3) is 6.20. The van der Waals surface area contributed by atoms with E-state index in [2.05, 4.69) is 32.3 Å². The Balaban J connectivity index is 2.03. The molecule has 0 spiro atoms. The van der Waals surface area contributed by atoms with Crippen molar-refractivity contribution in [2.45, 2.75) is 25.8 Å². The van der Waals surface area contributed by atoms with Crippen LogP contribution >= 0.6 is 15.9 Å². The molecule has 1 N–H and O–H groups in total. The van der Waals surface area contributed by atoms with Gasteiger partial charge in [0.1, 0.15) is 0 Å². The molecular weight excluding hydrogens is 268 g/mol. The lowest BCUT2D eigenvalue weighted by Crippen LogP contribution is -2.14. The number of hydrogen-bond acceptors (Lipinski definition) is 3. The number of methoxy groups -OCH3 is 1. The molecule has 16 heavy (non-hydrogen) atoms. The molecule has 4 heteroatoms. The van der Waals surface area contributed by atoms with E-state index in [1.54, 1.807) is 13.3 Å². The molecular formula is C12H19BrN2O. The van der Waals surface area contributed by atoms with Crippen LogP contribution in [-0.4, -0.2) is 25.2 Å². The fourth-order valence-corrected chi connectivity index (χ4v) is 1.87. The summed E-state index contributed by atoms with van der Waals surface area (Å²) in [6, 6.07) is 2.09. The molecule has 1 heterocycles. The van der Waals surface area contributed by atoms with Crippen LogP contribution in [0.4, 0.5) is 0 Å². The lowest BCUT2D eigenvalue weighted by atomic mass is 10.2. The van der Waals surface area contributed by atoms with E-state index in [0.29, 0.717) is 0 Å². The molecule has 3 nitrogen and oxygen atoms in total. The Morgan fingerprint density at radius 1 is 1.31 bits per heavy atom. The van der Waals surface area contributed by atoms with Gasteiger partial charge in [0, 0.05) is 37.1 Å². The normalized spacial score (nSPS) is 10.6. The molecule has 0 aliphatic heterocycles. The van der Waals surface area contributed by atoms with E-state index in [1.165, 1.54) is 18.4 Å². The minimum Gasteiger partial charge on any atom is -0.385 e. The van der Waals surface area contributed by atoms with Crippen LogP contribution in [0.5, 0.6) is 0 Å². The highest BCUT2D eigenvalue weighted by atomic mass is 79.9. The number of halogens is 1. The van der Waals surface area contributed by atoms with E-state index in [-0.39, 0.29) is 0 Å². The maximum absolute atomic E-state index is 5.00. The highest BCUT2D eigenvalue weighted by molar-refractivity contribution is 9.10. The lowest BCUT2D eigenvalue weighted by Gasteiger charge is -2.04. The zero-order chi connectivity index (χ0) is 11.6. The maximum Gasteiger partial charge on any atom is 0.0462 e. The van der Waals surface area contributed by atoms with Gasteiger partial charge in [0.05, 0.1) is 0 Å². The Morgan fingerprint density at radius 3 is 2.94 bits per heavy atom. The van der Waals surface area contributed by atoms with Gasteiger partial charge in [-0.25, -0.2) is 0 Å². The van der Waals surface area contributed by atoms with E-state index in [1.807, 2.05) is 6.20 Å². The third-order valence-corrected chi connectivity index (χ3v) is 2.73. The summed E-state index contributed by atoms with van der Waals surface area (Å²) >= 11 is 3.41. The Kier molecular flexibility index (Phi) is 7.38. The summed E-state index contributed by atoms with van der Waals surface area (Å²) in [7, 11) is 1.75. The quantitative estimate of drug-likeness (QED) is 0.747. The van der Waals surface area contributed by atoms with Crippen LogP contribution in [0.25, 0.3) is 0 Å². The summed E-state index contributed by atoms with van der Waals surface area (Å²) < 4.78 is 6.03. The summed E-state index contributed by atoms with van der Waals surface area (Å²) in [6.07, 6.45) is 7.26. The molecule has 0 aliphatic rings. The Morgan fingerprint density at radius 2 is 2.19 bits per heavy atom. The van der Waals surface area contributed by atoms with E-state index >= 15 is 0 Å². The van der Waals surface area contributed by atoms with Crippen molar-refractivity contribution in [1.82, 2.24) is 10.3 Å². The van der Waals surface area contributed by atoms with Crippen molar-refractivity contribution in [3.63, 3.8) is 0 Å². The predicted octanol–water partition coefficient (Wildman–Crippen LogP) is 2.75. The third-order valence-electron chi connectivity index (χ3n) is 2.29. The molecule has 0 saturated carbocycles. The highest BCUT2D eigenvalue weighted by Crippen LogP contribution is 2.09. The fourth-order valence-electron chi connectivity index (χ4n) is 1.46. The van der Waals surface area contributed by atoms with Gasteiger partial charge >= 0.3 is 0 Å². The molecule has 0 aliphatic carbocycles. The smallest absolute Gasteiger partial charge is 0.0462 e. The molecule has 0 atom stereocenters. The van der Waals surface area contributed by atoms with Crippen molar-refractivity contribution in [1.29, 1.82) is 0 Å². The minimum atomic E-state index is 0.871. The number of nitrogens with zero attached hydrogens (tertiary/aromatic N) is 1. The molecule has 0 radical (unpaired) electrons. The van der Waals surface area contributed by atoms with Crippen LogP contribution in [0.1, 0.15) is 24.8 Å². The molecule has 0 bridgehead atoms. The summed E-state index contributed by atoms with van der Waals surface area (Å²) in [6.45, 7) is 2.81. The monoisotopic (exact) mass is 286 g/mol. The average Bonchev–Trinajstić information content (AvgIpc) is 2.28. The number of rotatable bonds is 8. The fraction of sp³-hybridized carbons (Fsp3) is 0.583. The van der Waals surface area contributed by atoms with Crippen molar-refractivity contribution in [3.05, 3.63) is 28.5 Å². The first-order valence-electron chi connectivity index (χ1n) is 5.62. The number of pyridine rings is 1. The van der Waals surface area contributed by atoms with Gasteiger partial charge in [-0.3, -0.25) is 4.98 Å². The van der Waals surface area contributed by atoms with Crippen LogP contribution in [-0.2, 0) is 11.3 Å². The number of hydrogen-bond donors (Lipinski definition) is 1. The predicted molar refractivity (Wildman–Crippen MR) is 69.4 cm³/mol. The minimum absolute atomic E-state index is 0.871. The number of ether oxygens (including phenoxy) is 1. The molecule has 0 saturated heterocycles. The Labute approximate surface area is 106 Å². The number of aromatic nitrogens is 1. The van der Waals surface area contributed by atoms with Crippen molar-refractivity contribution < 1.29 is 4.74 Å². The number of nitrogens with one attached hydrogen (secondary N) is 1. The first-order valence-corrected chi connectivity index (χ1v) is 6.41. The first-order chi connectivity index (χ1) is 7.83. The van der Waals surface area contributed by atoms with Gasteiger partial charge in [-0.2, -0.15) is 0 Å². The number of unbranched alkanes of at least 4 members (excludes halogenated alkanes) is 2. The van der Waals surface area contributed by atoms with Gasteiger partial charge in [0.15, 0.2) is 0 Å². The van der Waals surface area contributed by atoms with Gasteiger partial charge < -0.3 is 10.1 Å². The summed E-state index contributed by atoms with van der Waals surface area (Å²) in [5.74, 6) is 0. The van der Waals surface area contributed by atoms with Crippen molar-refractivity contribution in [2.24, 2.45) is 0 Å². The van der Waals surface area contributed by atoms with E-state index < -0.39 is 0 Å². The van der Waals surface area contributed by atoms with E-state index in [9.17, 15) is 0 Å². The molecule has 0 aromatic carbocycles. The summed E-state index contributed by atoms with van der Waals surface area (Å²) in [5.41, 5.74) is 1.21. The molecule has 1 rings (SSSR count). The zero-order valence-corrected chi connectivity index (χ0v) is 11.3. The Hall–Kier alpha value is -0.450. The van der Waals surface area contributed by atoms with Crippen LogP contribution in [0.3, 0.4) is 0 Å². The van der Waals surface area contributed by atoms with Gasteiger partial charge in [0.2, 0.25) is 0 Å². The van der Waals surface area contributed by atoms with Gasteiger partial charge in [0.25, 0.3) is 0 Å². The van der Waals surface area contributed by atoms with E-state index in [0.717, 1.165) is 30.6 Å². The summed E-state index contributed by atoms with van der Waals surface area (Å²) in [5, 5.41) is 3.40. The standard InChI is InChI=1S/C12H19BrN2O/c1-16-6-4-2-3-5-14-8-11-7-12(13)10-15-9-11/h7,9-10,14H,2-6,8H2,1H3. The lowest BCUT2D eigenvalue weighted by molar-refractivity contribution is 0.192. The first kappa shape index (κ1) is 13.6. The van der Waals surface area contributed by atoms with Crippen molar-refractivity contribution >= 4 is 15.9 Å². The van der Waals surface area contributed by atoms with Crippen LogP contribution < -0.4 is 5.32 Å². The zero-order valence-electron chi connectivity index (χ0n) is 9.71. The second-order valence-electron chi connectivity index (χ2n) is 3.74. The molecule has 1 aromatic heterocycles. The summed E-state index contributed by atoms with van der Waals surface area (Å²) in [4.78, 5) is 4.12.